The van der Waals surface area contributed by atoms with E-state index in [2.05, 4.69) is 31.9 Å². The normalized spacial score (nSPS) is 13.4. The summed E-state index contributed by atoms with van der Waals surface area (Å²) in [5.74, 6) is 0.508. The van der Waals surface area contributed by atoms with Crippen LogP contribution in [-0.2, 0) is 6.54 Å². The van der Waals surface area contributed by atoms with Crippen LogP contribution in [0.5, 0.6) is 0 Å². The van der Waals surface area contributed by atoms with E-state index in [0.717, 1.165) is 23.7 Å². The molecule has 1 unspecified atom stereocenters. The molecule has 0 fully saturated rings. The summed E-state index contributed by atoms with van der Waals surface area (Å²) < 4.78 is 0. The fourth-order valence-corrected chi connectivity index (χ4v) is 1.75. The average Bonchev–Trinajstić information content (AvgIpc) is 2.21. The zero-order chi connectivity index (χ0) is 12.1. The highest BCUT2D eigenvalue weighted by atomic mass is 35.5. The number of hydrogen-bond acceptors (Lipinski definition) is 2. The molecule has 0 aliphatic heterocycles. The minimum atomic E-state index is 0.215. The van der Waals surface area contributed by atoms with Gasteiger partial charge in [0.1, 0.15) is 0 Å². The Morgan fingerprint density at radius 3 is 2.50 bits per heavy atom. The van der Waals surface area contributed by atoms with Crippen molar-refractivity contribution in [3.05, 3.63) is 34.9 Å². The molecule has 2 N–H and O–H groups in total. The molecule has 0 spiro atoms. The first-order valence-electron chi connectivity index (χ1n) is 5.68. The van der Waals surface area contributed by atoms with Crippen LogP contribution in [0.2, 0.25) is 5.02 Å². The van der Waals surface area contributed by atoms with Crippen molar-refractivity contribution in [3.8, 4) is 0 Å². The Morgan fingerprint density at radius 1 is 1.31 bits per heavy atom. The van der Waals surface area contributed by atoms with Crippen LogP contribution in [0.4, 0.5) is 0 Å². The molecule has 0 radical (unpaired) electrons. The van der Waals surface area contributed by atoms with E-state index in [1.165, 1.54) is 0 Å². The second-order valence-corrected chi connectivity index (χ2v) is 5.10. The number of likely N-dealkylation sites (N-methyl/N-ethyl adjacent to an activating group) is 1. The standard InChI is InChI=1S/C13H21ClN2/c1-10(2)13(15)9-16(3)8-11-6-4-5-7-12(11)14/h4-7,10,13H,8-9,15H2,1-3H3. The molecule has 0 aliphatic rings. The summed E-state index contributed by atoms with van der Waals surface area (Å²) in [6.45, 7) is 6.03. The second kappa shape index (κ2) is 6.24. The van der Waals surface area contributed by atoms with Gasteiger partial charge in [0.05, 0.1) is 0 Å². The van der Waals surface area contributed by atoms with E-state index in [4.69, 9.17) is 17.3 Å². The molecule has 0 saturated heterocycles. The van der Waals surface area contributed by atoms with Gasteiger partial charge in [-0.2, -0.15) is 0 Å². The zero-order valence-electron chi connectivity index (χ0n) is 10.3. The third kappa shape index (κ3) is 4.12. The topological polar surface area (TPSA) is 29.3 Å². The lowest BCUT2D eigenvalue weighted by atomic mass is 10.1. The first-order chi connectivity index (χ1) is 7.50. The number of benzene rings is 1. The third-order valence-electron chi connectivity index (χ3n) is 2.78. The largest absolute Gasteiger partial charge is 0.326 e. The fraction of sp³-hybridized carbons (Fsp3) is 0.538. The molecule has 0 aliphatic carbocycles. The predicted molar refractivity (Wildman–Crippen MR) is 70.6 cm³/mol. The highest BCUT2D eigenvalue weighted by Gasteiger charge is 2.11. The van der Waals surface area contributed by atoms with Crippen LogP contribution < -0.4 is 5.73 Å². The lowest BCUT2D eigenvalue weighted by Gasteiger charge is -2.24. The highest BCUT2D eigenvalue weighted by Crippen LogP contribution is 2.16. The van der Waals surface area contributed by atoms with Crippen LogP contribution in [0.25, 0.3) is 0 Å². The summed E-state index contributed by atoms with van der Waals surface area (Å²) in [5, 5.41) is 0.826. The average molecular weight is 241 g/mol. The summed E-state index contributed by atoms with van der Waals surface area (Å²) >= 11 is 6.11. The zero-order valence-corrected chi connectivity index (χ0v) is 11.0. The Kier molecular flexibility index (Phi) is 5.26. The van der Waals surface area contributed by atoms with E-state index in [-0.39, 0.29) is 6.04 Å². The molecule has 0 heterocycles. The molecule has 90 valence electrons. The van der Waals surface area contributed by atoms with E-state index in [1.807, 2.05) is 18.2 Å². The molecule has 2 nitrogen and oxygen atoms in total. The van der Waals surface area contributed by atoms with Crippen LogP contribution in [0.1, 0.15) is 19.4 Å². The molecular formula is C13H21ClN2. The molecule has 16 heavy (non-hydrogen) atoms. The van der Waals surface area contributed by atoms with Gasteiger partial charge in [0.25, 0.3) is 0 Å². The van der Waals surface area contributed by atoms with Gasteiger partial charge in [0.15, 0.2) is 0 Å². The first kappa shape index (κ1) is 13.5. The van der Waals surface area contributed by atoms with Crippen molar-refractivity contribution in [2.75, 3.05) is 13.6 Å². The van der Waals surface area contributed by atoms with Gasteiger partial charge in [-0.1, -0.05) is 43.6 Å². The SMILES string of the molecule is CC(C)C(N)CN(C)Cc1ccccc1Cl. The number of halogens is 1. The van der Waals surface area contributed by atoms with Crippen molar-refractivity contribution >= 4 is 11.6 Å². The third-order valence-corrected chi connectivity index (χ3v) is 3.15. The quantitative estimate of drug-likeness (QED) is 0.858. The van der Waals surface area contributed by atoms with Gasteiger partial charge in [-0.05, 0) is 24.6 Å². The molecule has 0 saturated carbocycles. The predicted octanol–water partition coefficient (Wildman–Crippen LogP) is 2.76. The summed E-state index contributed by atoms with van der Waals surface area (Å²) in [5.41, 5.74) is 7.19. The van der Waals surface area contributed by atoms with Gasteiger partial charge in [-0.3, -0.25) is 0 Å². The lowest BCUT2D eigenvalue weighted by molar-refractivity contribution is 0.277. The maximum absolute atomic E-state index is 6.11. The van der Waals surface area contributed by atoms with Gasteiger partial charge < -0.3 is 10.6 Å². The number of hydrogen-bond donors (Lipinski definition) is 1. The second-order valence-electron chi connectivity index (χ2n) is 4.70. The number of nitrogens with two attached hydrogens (primary N) is 1. The van der Waals surface area contributed by atoms with Crippen LogP contribution in [0.15, 0.2) is 24.3 Å². The van der Waals surface area contributed by atoms with Crippen LogP contribution in [-0.4, -0.2) is 24.5 Å². The van der Waals surface area contributed by atoms with Crippen molar-refractivity contribution in [1.82, 2.24) is 4.90 Å². The van der Waals surface area contributed by atoms with E-state index >= 15 is 0 Å². The van der Waals surface area contributed by atoms with Crippen molar-refractivity contribution in [2.24, 2.45) is 11.7 Å². The number of rotatable bonds is 5. The van der Waals surface area contributed by atoms with Gasteiger partial charge >= 0.3 is 0 Å². The van der Waals surface area contributed by atoms with Crippen LogP contribution >= 0.6 is 11.6 Å². The Hall–Kier alpha value is -0.570. The Balaban J connectivity index is 2.52. The molecule has 0 bridgehead atoms. The maximum Gasteiger partial charge on any atom is 0.0451 e. The summed E-state index contributed by atoms with van der Waals surface area (Å²) in [4.78, 5) is 2.21. The monoisotopic (exact) mass is 240 g/mol. The number of nitrogens with zero attached hydrogens (tertiary/aromatic N) is 1. The summed E-state index contributed by atoms with van der Waals surface area (Å²) in [6, 6.07) is 8.16. The van der Waals surface area contributed by atoms with Gasteiger partial charge in [-0.25, -0.2) is 0 Å². The molecule has 0 amide bonds. The van der Waals surface area contributed by atoms with Crippen molar-refractivity contribution in [1.29, 1.82) is 0 Å². The first-order valence-corrected chi connectivity index (χ1v) is 6.06. The summed E-state index contributed by atoms with van der Waals surface area (Å²) in [7, 11) is 2.07. The van der Waals surface area contributed by atoms with Gasteiger partial charge in [0.2, 0.25) is 0 Å². The van der Waals surface area contributed by atoms with E-state index in [1.54, 1.807) is 0 Å². The Bertz CT molecular complexity index is 325. The molecule has 1 rings (SSSR count). The van der Waals surface area contributed by atoms with E-state index in [0.29, 0.717) is 5.92 Å². The highest BCUT2D eigenvalue weighted by molar-refractivity contribution is 6.31. The summed E-state index contributed by atoms with van der Waals surface area (Å²) in [6.07, 6.45) is 0. The van der Waals surface area contributed by atoms with Crippen LogP contribution in [0, 0.1) is 5.92 Å². The Morgan fingerprint density at radius 2 is 1.94 bits per heavy atom. The van der Waals surface area contributed by atoms with E-state index in [9.17, 15) is 0 Å². The van der Waals surface area contributed by atoms with Gasteiger partial charge in [0, 0.05) is 24.2 Å². The van der Waals surface area contributed by atoms with Gasteiger partial charge in [-0.15, -0.1) is 0 Å². The molecule has 0 aromatic heterocycles. The molecule has 1 aromatic carbocycles. The molecule has 1 aromatic rings. The molecule has 1 atom stereocenters. The molecule has 3 heteroatoms. The lowest BCUT2D eigenvalue weighted by Crippen LogP contribution is -2.38. The fourth-order valence-electron chi connectivity index (χ4n) is 1.55. The minimum Gasteiger partial charge on any atom is -0.326 e. The van der Waals surface area contributed by atoms with E-state index < -0.39 is 0 Å². The van der Waals surface area contributed by atoms with Crippen molar-refractivity contribution in [3.63, 3.8) is 0 Å². The maximum atomic E-state index is 6.11. The minimum absolute atomic E-state index is 0.215. The smallest absolute Gasteiger partial charge is 0.0451 e. The Labute approximate surface area is 103 Å². The van der Waals surface area contributed by atoms with Crippen LogP contribution in [0.3, 0.4) is 0 Å². The van der Waals surface area contributed by atoms with Crippen molar-refractivity contribution < 1.29 is 0 Å². The van der Waals surface area contributed by atoms with Crippen molar-refractivity contribution in [2.45, 2.75) is 26.4 Å². The molecular weight excluding hydrogens is 220 g/mol.